The van der Waals surface area contributed by atoms with Crippen LogP contribution in [0.15, 0.2) is 0 Å². The van der Waals surface area contributed by atoms with Gasteiger partial charge in [-0.15, -0.1) is 0 Å². The van der Waals surface area contributed by atoms with Crippen LogP contribution in [-0.2, 0) is 21.7 Å². The first-order valence-corrected chi connectivity index (χ1v) is 20.7. The van der Waals surface area contributed by atoms with Crippen LogP contribution in [0.3, 0.4) is 0 Å². The number of hydrogen-bond donors (Lipinski definition) is 4. The van der Waals surface area contributed by atoms with Crippen molar-refractivity contribution < 1.29 is 40.9 Å². The van der Waals surface area contributed by atoms with Crippen molar-refractivity contribution in [3.05, 3.63) is 0 Å². The van der Waals surface area contributed by atoms with Crippen molar-refractivity contribution in [2.75, 3.05) is 0 Å². The van der Waals surface area contributed by atoms with E-state index in [4.69, 9.17) is 19.2 Å². The SMILES string of the molecule is C[Si](C)(C)O.C[Si](C)(C)O.C[Si](C)(C)O.C[Si](C)(C)O.[Sn].[Ti]. The van der Waals surface area contributed by atoms with Gasteiger partial charge in [-0.3, -0.25) is 0 Å². The van der Waals surface area contributed by atoms with Crippen LogP contribution in [0, 0.1) is 0 Å². The maximum absolute atomic E-state index is 8.66. The van der Waals surface area contributed by atoms with Gasteiger partial charge in [0.05, 0.1) is 0 Å². The topological polar surface area (TPSA) is 80.9 Å². The fourth-order valence-corrected chi connectivity index (χ4v) is 0. The van der Waals surface area contributed by atoms with Gasteiger partial charge in [0.15, 0.2) is 33.3 Å². The summed E-state index contributed by atoms with van der Waals surface area (Å²) in [4.78, 5) is 34.6. The van der Waals surface area contributed by atoms with Gasteiger partial charge in [0.1, 0.15) is 0 Å². The summed E-state index contributed by atoms with van der Waals surface area (Å²) in [5, 5.41) is 0. The van der Waals surface area contributed by atoms with Gasteiger partial charge >= 0.3 is 0 Å². The second kappa shape index (κ2) is 16.7. The zero-order chi connectivity index (χ0) is 18.0. The second-order valence-corrected chi connectivity index (χ2v) is 26.0. The normalized spacial score (nSPS) is 10.9. The molecule has 0 aliphatic carbocycles. The molecule has 0 atom stereocenters. The Morgan fingerprint density at radius 1 is 0.364 bits per heavy atom. The van der Waals surface area contributed by atoms with E-state index < -0.39 is 33.3 Å². The fourth-order valence-electron chi connectivity index (χ4n) is 0. The van der Waals surface area contributed by atoms with Gasteiger partial charge in [0.2, 0.25) is 0 Å². The van der Waals surface area contributed by atoms with Crippen molar-refractivity contribution in [2.24, 2.45) is 0 Å². The minimum atomic E-state index is -1.61. The molecule has 4 radical (unpaired) electrons. The Bertz CT molecular complexity index is 149. The van der Waals surface area contributed by atoms with Crippen molar-refractivity contribution in [3.8, 4) is 0 Å². The van der Waals surface area contributed by atoms with Crippen LogP contribution in [-0.4, -0.2) is 76.4 Å². The third-order valence-electron chi connectivity index (χ3n) is 0. The van der Waals surface area contributed by atoms with E-state index in [1.807, 2.05) is 78.6 Å². The summed E-state index contributed by atoms with van der Waals surface area (Å²) in [5.74, 6) is 0. The van der Waals surface area contributed by atoms with E-state index in [-0.39, 0.29) is 45.6 Å². The first kappa shape index (κ1) is 39.3. The Morgan fingerprint density at radius 3 is 0.364 bits per heavy atom. The predicted molar refractivity (Wildman–Crippen MR) is 108 cm³/mol. The van der Waals surface area contributed by atoms with Gasteiger partial charge in [-0.05, 0) is 78.6 Å². The van der Waals surface area contributed by atoms with Crippen LogP contribution in [0.25, 0.3) is 0 Å². The van der Waals surface area contributed by atoms with E-state index in [0.29, 0.717) is 0 Å². The van der Waals surface area contributed by atoms with E-state index >= 15 is 0 Å². The third-order valence-corrected chi connectivity index (χ3v) is 0. The zero-order valence-corrected chi connectivity index (χ0v) is 25.2. The molecule has 0 bridgehead atoms. The predicted octanol–water partition coefficient (Wildman–Crippen LogP) is 2.87. The molecule has 0 aliphatic heterocycles. The van der Waals surface area contributed by atoms with Gasteiger partial charge < -0.3 is 19.2 Å². The van der Waals surface area contributed by atoms with Crippen LogP contribution in [0.1, 0.15) is 0 Å². The molecule has 0 fully saturated rings. The smallest absolute Gasteiger partial charge is 0.179 e. The molecule has 10 heteroatoms. The molecule has 0 amide bonds. The van der Waals surface area contributed by atoms with Crippen LogP contribution in [0.5, 0.6) is 0 Å². The summed E-state index contributed by atoms with van der Waals surface area (Å²) in [6.07, 6.45) is 0. The largest absolute Gasteiger partial charge is 0.433 e. The van der Waals surface area contributed by atoms with E-state index in [2.05, 4.69) is 0 Å². The zero-order valence-electron chi connectivity index (χ0n) is 16.8. The molecular weight excluding hydrogens is 487 g/mol. The Morgan fingerprint density at radius 2 is 0.364 bits per heavy atom. The van der Waals surface area contributed by atoms with E-state index in [1.165, 1.54) is 0 Å². The molecule has 0 aromatic heterocycles. The molecule has 0 aromatic rings. The molecule has 0 saturated heterocycles. The molecule has 0 unspecified atom stereocenters. The second-order valence-electron chi connectivity index (χ2n) is 8.68. The summed E-state index contributed by atoms with van der Waals surface area (Å²) in [7, 11) is -6.44. The van der Waals surface area contributed by atoms with Crippen LogP contribution < -0.4 is 0 Å². The molecule has 0 rings (SSSR count). The Labute approximate surface area is 175 Å². The van der Waals surface area contributed by atoms with E-state index in [9.17, 15) is 0 Å². The van der Waals surface area contributed by atoms with Crippen molar-refractivity contribution in [1.29, 1.82) is 0 Å². The Hall–Kier alpha value is 2.22. The molecule has 0 heterocycles. The van der Waals surface area contributed by atoms with Gasteiger partial charge in [-0.2, -0.15) is 0 Å². The van der Waals surface area contributed by atoms with E-state index in [1.54, 1.807) is 0 Å². The van der Waals surface area contributed by atoms with Crippen LogP contribution in [0.4, 0.5) is 0 Å². The molecule has 4 nitrogen and oxygen atoms in total. The van der Waals surface area contributed by atoms with Crippen molar-refractivity contribution in [1.82, 2.24) is 0 Å². The van der Waals surface area contributed by atoms with Gasteiger partial charge in [0, 0.05) is 45.6 Å². The maximum Gasteiger partial charge on any atom is 0.179 e. The molecular formula is C12H40O4Si4SnTi. The molecule has 136 valence electrons. The number of rotatable bonds is 0. The first-order chi connectivity index (χ1) is 8.00. The van der Waals surface area contributed by atoms with Crippen molar-refractivity contribution in [2.45, 2.75) is 78.6 Å². The fraction of sp³-hybridized carbons (Fsp3) is 1.00. The van der Waals surface area contributed by atoms with Gasteiger partial charge in [0.25, 0.3) is 0 Å². The minimum Gasteiger partial charge on any atom is -0.433 e. The average molecular weight is 527 g/mol. The Kier molecular flexibility index (Phi) is 29.8. The average Bonchev–Trinajstić information content (AvgIpc) is 1.62. The molecule has 0 aliphatic rings. The van der Waals surface area contributed by atoms with E-state index in [0.717, 1.165) is 0 Å². The Balaban J connectivity index is -0.0000000376. The summed E-state index contributed by atoms with van der Waals surface area (Å²) in [6, 6.07) is 0. The first-order valence-electron chi connectivity index (χ1n) is 6.89. The van der Waals surface area contributed by atoms with Crippen LogP contribution >= 0.6 is 0 Å². The molecule has 0 spiro atoms. The van der Waals surface area contributed by atoms with Gasteiger partial charge in [-0.25, -0.2) is 0 Å². The standard InChI is InChI=1S/4C3H10OSi.Sn.Ti/c4*1-5(2,3)4;;/h4*4H,1-3H3;;. The summed E-state index contributed by atoms with van der Waals surface area (Å²) in [5.41, 5.74) is 0. The maximum atomic E-state index is 8.66. The molecule has 22 heavy (non-hydrogen) atoms. The quantitative estimate of drug-likeness (QED) is 0.366. The van der Waals surface area contributed by atoms with Crippen molar-refractivity contribution in [3.63, 3.8) is 0 Å². The minimum absolute atomic E-state index is 0. The molecule has 0 aromatic carbocycles. The van der Waals surface area contributed by atoms with Crippen molar-refractivity contribution >= 4 is 57.2 Å². The summed E-state index contributed by atoms with van der Waals surface area (Å²) >= 11 is 0. The van der Waals surface area contributed by atoms with Crippen LogP contribution in [0.2, 0.25) is 78.6 Å². The third kappa shape index (κ3) is 2030. The van der Waals surface area contributed by atoms with Gasteiger partial charge in [-0.1, -0.05) is 0 Å². The summed E-state index contributed by atoms with van der Waals surface area (Å²) < 4.78 is 0. The number of hydrogen-bond acceptors (Lipinski definition) is 4. The summed E-state index contributed by atoms with van der Waals surface area (Å²) in [6.45, 7) is 22.6. The molecule has 4 N–H and O–H groups in total. The molecule has 0 saturated carbocycles. The monoisotopic (exact) mass is 528 g/mol.